The van der Waals surface area contributed by atoms with Crippen LogP contribution in [-0.2, 0) is 19.8 Å². The zero-order chi connectivity index (χ0) is 44.2. The quantitative estimate of drug-likeness (QED) is 0.0753. The summed E-state index contributed by atoms with van der Waals surface area (Å²) in [4.78, 5) is 45.3. The number of alkyl halides is 6. The molecule has 5 N–H and O–H groups in total. The van der Waals surface area contributed by atoms with Crippen LogP contribution in [0.25, 0.3) is 32.9 Å². The number of piperazine rings is 1. The van der Waals surface area contributed by atoms with Crippen molar-refractivity contribution in [1.82, 2.24) is 25.6 Å². The summed E-state index contributed by atoms with van der Waals surface area (Å²) in [7, 11) is -5.11. The number of carbonyl (C=O) groups is 3. The van der Waals surface area contributed by atoms with Crippen molar-refractivity contribution in [3.05, 3.63) is 78.2 Å². The molecule has 2 bridgehead atoms. The molecular weight excluding hydrogens is 844 g/mol. The molecule has 4 heterocycles. The fourth-order valence-electron chi connectivity index (χ4n) is 6.24. The van der Waals surface area contributed by atoms with Crippen LogP contribution in [0.3, 0.4) is 0 Å². The van der Waals surface area contributed by atoms with Gasteiger partial charge >= 0.3 is 40.5 Å². The van der Waals surface area contributed by atoms with Crippen LogP contribution < -0.4 is 20.3 Å². The van der Waals surface area contributed by atoms with Crippen molar-refractivity contribution in [3.8, 4) is 23.0 Å². The van der Waals surface area contributed by atoms with E-state index in [1.54, 1.807) is 6.07 Å². The number of anilines is 1. The molecule has 3 aromatic carbocycles. The van der Waals surface area contributed by atoms with E-state index < -0.39 is 51.1 Å². The lowest BCUT2D eigenvalue weighted by atomic mass is 10.0. The number of hydrogen-bond donors (Lipinski definition) is 5. The number of aromatic nitrogens is 3. The predicted octanol–water partition coefficient (Wildman–Crippen LogP) is 5.36. The largest absolute Gasteiger partial charge is 0.508 e. The van der Waals surface area contributed by atoms with Crippen LogP contribution in [0, 0.1) is 5.82 Å². The van der Waals surface area contributed by atoms with Gasteiger partial charge in [-0.25, -0.2) is 14.0 Å². The predicted molar refractivity (Wildman–Crippen MR) is 194 cm³/mol. The average Bonchev–Trinajstić information content (AvgIpc) is 3.52. The average molecular weight is 875 g/mol. The molecule has 0 aliphatic carbocycles. The van der Waals surface area contributed by atoms with Crippen LogP contribution >= 0.6 is 0 Å². The van der Waals surface area contributed by atoms with Crippen LogP contribution in [0.2, 0.25) is 0 Å². The first-order valence-corrected chi connectivity index (χ1v) is 18.6. The van der Waals surface area contributed by atoms with E-state index in [0.717, 1.165) is 24.3 Å². The summed E-state index contributed by atoms with van der Waals surface area (Å²) in [5.74, 6) is -6.61. The molecule has 1 amide bonds. The highest BCUT2D eigenvalue weighted by molar-refractivity contribution is 7.86. The highest BCUT2D eigenvalue weighted by Crippen LogP contribution is 2.37. The number of phenolic OH excluding ortho intramolecular Hbond substituents is 1. The lowest BCUT2D eigenvalue weighted by molar-refractivity contribution is -0.193. The van der Waals surface area contributed by atoms with Gasteiger partial charge in [0.25, 0.3) is 5.91 Å². The second-order valence-corrected chi connectivity index (χ2v) is 14.2. The molecule has 0 radical (unpaired) electrons. The van der Waals surface area contributed by atoms with Crippen molar-refractivity contribution < 1.29 is 77.5 Å². The highest BCUT2D eigenvalue weighted by atomic mass is 32.3. The van der Waals surface area contributed by atoms with Gasteiger partial charge in [-0.2, -0.15) is 44.7 Å². The Balaban J connectivity index is 0.000000420. The number of aliphatic carboxylic acids is 2. The van der Waals surface area contributed by atoms with Crippen molar-refractivity contribution in [1.29, 1.82) is 0 Å². The molecule has 0 saturated carbocycles. The Morgan fingerprint density at radius 2 is 1.47 bits per heavy atom. The summed E-state index contributed by atoms with van der Waals surface area (Å²) in [5, 5.41) is 32.5. The van der Waals surface area contributed by atoms with Crippen molar-refractivity contribution >= 4 is 55.6 Å². The standard InChI is InChI=1S/C32H28F2N6O5S.2C2HF3O2/c33-27-28(24-14-21(41)13-18-5-1-2-6-22(18)24)36-15-25-29(27)38-32(39-30(25)40-16-19-9-10-20(17-40)37-19)45-12-11-35-31(42)23-7-3-4-8-26(23)46(34,43)44;2*3-2(4,5)1(6)7/h1-8,13-15,19-20,37,41H,9-12,16-17H2,(H,35,42);2*(H,6,7)/t19-,20+;;. The first-order chi connectivity index (χ1) is 28.0. The Labute approximate surface area is 332 Å². The number of carboxylic acids is 2. The summed E-state index contributed by atoms with van der Waals surface area (Å²) in [6.45, 7) is 1.04. The molecule has 2 aromatic heterocycles. The van der Waals surface area contributed by atoms with Crippen LogP contribution in [0.1, 0.15) is 23.2 Å². The van der Waals surface area contributed by atoms with E-state index in [-0.39, 0.29) is 53.8 Å². The van der Waals surface area contributed by atoms with Gasteiger partial charge in [0.2, 0.25) is 0 Å². The van der Waals surface area contributed by atoms with Gasteiger partial charge in [-0.05, 0) is 47.9 Å². The third-order valence-corrected chi connectivity index (χ3v) is 9.64. The molecule has 24 heteroatoms. The Morgan fingerprint density at radius 1 is 0.883 bits per heavy atom. The number of fused-ring (bicyclic) bond motifs is 4. The van der Waals surface area contributed by atoms with Gasteiger partial charge in [-0.1, -0.05) is 36.4 Å². The highest BCUT2D eigenvalue weighted by Gasteiger charge is 2.39. The molecular formula is C36H30F8N6O9S. The third kappa shape index (κ3) is 10.8. The summed E-state index contributed by atoms with van der Waals surface area (Å²) < 4.78 is 122. The van der Waals surface area contributed by atoms with Crippen molar-refractivity contribution in [2.45, 2.75) is 42.2 Å². The SMILES string of the molecule is O=C(NCCOc1nc(N2C[C@H]3CC[C@@H](C2)N3)c2cnc(-c3cc(O)cc4ccccc34)c(F)c2n1)c1ccccc1S(=O)(=O)F.O=C(O)C(F)(F)F.O=C(O)C(F)(F)F. The Morgan fingerprint density at radius 3 is 2.07 bits per heavy atom. The second-order valence-electron chi connectivity index (χ2n) is 12.9. The minimum Gasteiger partial charge on any atom is -0.508 e. The summed E-state index contributed by atoms with van der Waals surface area (Å²) in [6, 6.07) is 15.7. The molecule has 7 rings (SSSR count). The molecule has 60 heavy (non-hydrogen) atoms. The maximum atomic E-state index is 16.5. The molecule has 2 atom stereocenters. The van der Waals surface area contributed by atoms with E-state index in [1.165, 1.54) is 30.5 Å². The number of pyridine rings is 1. The minimum absolute atomic E-state index is 0.00400. The number of ether oxygens (including phenoxy) is 1. The molecule has 15 nitrogen and oxygen atoms in total. The molecule has 2 aliphatic rings. The van der Waals surface area contributed by atoms with Crippen molar-refractivity contribution in [2.75, 3.05) is 31.1 Å². The molecule has 0 spiro atoms. The number of amides is 1. The Kier molecular flexibility index (Phi) is 13.3. The molecule has 5 aromatic rings. The zero-order valence-electron chi connectivity index (χ0n) is 30.3. The lowest BCUT2D eigenvalue weighted by Gasteiger charge is -2.34. The van der Waals surface area contributed by atoms with Gasteiger partial charge in [0.05, 0.1) is 17.5 Å². The number of nitrogens with zero attached hydrogens (tertiary/aromatic N) is 4. The minimum atomic E-state index is -5.11. The lowest BCUT2D eigenvalue weighted by Crippen LogP contribution is -2.51. The molecule has 2 saturated heterocycles. The summed E-state index contributed by atoms with van der Waals surface area (Å²) in [6.07, 6.45) is -6.60. The van der Waals surface area contributed by atoms with Gasteiger partial charge in [0.1, 0.15) is 34.3 Å². The second kappa shape index (κ2) is 17.8. The van der Waals surface area contributed by atoms with Gasteiger partial charge in [-0.15, -0.1) is 3.89 Å². The van der Waals surface area contributed by atoms with Crippen molar-refractivity contribution in [2.24, 2.45) is 0 Å². The van der Waals surface area contributed by atoms with Crippen LogP contribution in [0.5, 0.6) is 11.8 Å². The van der Waals surface area contributed by atoms with E-state index >= 15 is 4.39 Å². The number of rotatable bonds is 8. The number of phenols is 1. The normalized spacial score (nSPS) is 16.3. The number of carbonyl (C=O) groups excluding carboxylic acids is 1. The van der Waals surface area contributed by atoms with E-state index in [0.29, 0.717) is 35.2 Å². The molecule has 2 aliphatic heterocycles. The van der Waals surface area contributed by atoms with Gasteiger partial charge in [0.15, 0.2) is 5.82 Å². The maximum Gasteiger partial charge on any atom is 0.490 e. The van der Waals surface area contributed by atoms with E-state index in [2.05, 4.69) is 30.5 Å². The number of nitrogens with one attached hydrogen (secondary N) is 2. The monoisotopic (exact) mass is 874 g/mol. The zero-order valence-corrected chi connectivity index (χ0v) is 31.1. The fraction of sp³-hybridized carbons (Fsp3) is 0.278. The first-order valence-electron chi connectivity index (χ1n) is 17.2. The molecule has 320 valence electrons. The van der Waals surface area contributed by atoms with Crippen LogP contribution in [0.4, 0.5) is 40.4 Å². The Bertz CT molecular complexity index is 2510. The third-order valence-electron chi connectivity index (χ3n) is 8.76. The van der Waals surface area contributed by atoms with Gasteiger partial charge in [0, 0.05) is 36.9 Å². The summed E-state index contributed by atoms with van der Waals surface area (Å²) >= 11 is 0. The topological polar surface area (TPSA) is 221 Å². The van der Waals surface area contributed by atoms with Crippen LogP contribution in [0.15, 0.2) is 71.8 Å². The first kappa shape index (κ1) is 44.7. The van der Waals surface area contributed by atoms with Gasteiger partial charge < -0.3 is 35.6 Å². The Hall–Kier alpha value is -6.43. The van der Waals surface area contributed by atoms with Gasteiger partial charge in [-0.3, -0.25) is 9.78 Å². The fourth-order valence-corrected chi connectivity index (χ4v) is 6.91. The number of benzene rings is 3. The summed E-state index contributed by atoms with van der Waals surface area (Å²) in [5.41, 5.74) is 0.0408. The number of aromatic hydroxyl groups is 1. The van der Waals surface area contributed by atoms with E-state index in [9.17, 15) is 48.5 Å². The van der Waals surface area contributed by atoms with Crippen LogP contribution in [-0.4, -0.2) is 107 Å². The number of carboxylic acid groups (broad SMARTS) is 2. The number of hydrogen-bond acceptors (Lipinski definition) is 12. The molecule has 2 fully saturated rings. The number of halogens is 8. The van der Waals surface area contributed by atoms with E-state index in [4.69, 9.17) is 24.5 Å². The smallest absolute Gasteiger partial charge is 0.490 e. The molecule has 0 unspecified atom stereocenters. The maximum absolute atomic E-state index is 16.5. The van der Waals surface area contributed by atoms with Crippen molar-refractivity contribution in [3.63, 3.8) is 0 Å². The van der Waals surface area contributed by atoms with E-state index in [1.807, 2.05) is 24.3 Å².